The van der Waals surface area contributed by atoms with Crippen molar-refractivity contribution in [3.8, 4) is 11.8 Å². The quantitative estimate of drug-likeness (QED) is 0.213. The predicted molar refractivity (Wildman–Crippen MR) is 130 cm³/mol. The number of rotatable bonds is 6. The molecule has 0 atom stereocenters. The highest BCUT2D eigenvalue weighted by Gasteiger charge is 2.24. The van der Waals surface area contributed by atoms with Crippen LogP contribution in [0.3, 0.4) is 0 Å². The van der Waals surface area contributed by atoms with E-state index in [1.807, 2.05) is 12.1 Å². The number of carbonyl (C=O) groups is 1. The number of likely N-dealkylation sites (N-methyl/N-ethyl adjacent to an activating group) is 1. The summed E-state index contributed by atoms with van der Waals surface area (Å²) >= 11 is 0. The molecule has 176 valence electrons. The number of allylic oxidation sites excluding steroid dienone is 8. The van der Waals surface area contributed by atoms with E-state index in [-0.39, 0.29) is 0 Å². The molecule has 0 unspecified atom stereocenters. The molecule has 2 heterocycles. The van der Waals surface area contributed by atoms with E-state index < -0.39 is 11.8 Å². The van der Waals surface area contributed by atoms with Gasteiger partial charge in [0.05, 0.1) is 26.9 Å². The number of morpholine rings is 1. The Morgan fingerprint density at radius 1 is 1.26 bits per heavy atom. The highest BCUT2D eigenvalue weighted by atomic mass is 19.1. The molecule has 0 bridgehead atoms. The second-order valence-electron chi connectivity index (χ2n) is 7.74. The van der Waals surface area contributed by atoms with E-state index in [4.69, 9.17) is 9.47 Å². The molecule has 1 saturated heterocycles. The minimum absolute atomic E-state index is 0.335. The molecule has 7 heteroatoms. The fraction of sp³-hybridized carbons (Fsp3) is 0.296. The third-order valence-corrected chi connectivity index (χ3v) is 5.22. The van der Waals surface area contributed by atoms with Crippen molar-refractivity contribution >= 4 is 11.5 Å². The summed E-state index contributed by atoms with van der Waals surface area (Å²) in [4.78, 5) is 20.9. The van der Waals surface area contributed by atoms with Crippen molar-refractivity contribution in [1.29, 1.82) is 0 Å². The lowest BCUT2D eigenvalue weighted by atomic mass is 9.89. The van der Waals surface area contributed by atoms with E-state index in [0.717, 1.165) is 18.7 Å². The molecule has 0 N–H and O–H groups in total. The molecule has 0 spiro atoms. The van der Waals surface area contributed by atoms with Crippen molar-refractivity contribution in [3.05, 3.63) is 88.9 Å². The molecular weight excluding hydrogens is 433 g/mol. The van der Waals surface area contributed by atoms with Gasteiger partial charge in [-0.1, -0.05) is 17.9 Å². The van der Waals surface area contributed by atoms with Gasteiger partial charge in [0.25, 0.3) is 0 Å². The summed E-state index contributed by atoms with van der Waals surface area (Å²) in [5.41, 5.74) is 5.82. The van der Waals surface area contributed by atoms with E-state index in [9.17, 15) is 9.18 Å². The number of methoxy groups -OCH3 is 1. The van der Waals surface area contributed by atoms with Crippen molar-refractivity contribution in [2.24, 2.45) is 0 Å². The number of pyridine rings is 1. The first kappa shape index (κ1) is 24.9. The third kappa shape index (κ3) is 6.66. The van der Waals surface area contributed by atoms with Crippen molar-refractivity contribution in [2.75, 3.05) is 54.1 Å². The van der Waals surface area contributed by atoms with Crippen LogP contribution in [0.25, 0.3) is 5.57 Å². The maximum atomic E-state index is 13.9. The molecular formula is C27H28FN3O3. The van der Waals surface area contributed by atoms with Gasteiger partial charge < -0.3 is 14.4 Å². The predicted octanol–water partition coefficient (Wildman–Crippen LogP) is 3.29. The molecule has 2 aliphatic rings. The molecule has 1 aliphatic heterocycles. The molecule has 1 fully saturated rings. The van der Waals surface area contributed by atoms with E-state index in [0.29, 0.717) is 42.2 Å². The summed E-state index contributed by atoms with van der Waals surface area (Å²) in [6, 6.07) is 3.62. The zero-order chi connectivity index (χ0) is 24.3. The highest BCUT2D eigenvalue weighted by Crippen LogP contribution is 2.34. The molecule has 1 aromatic heterocycles. The molecule has 3 rings (SSSR count). The Hall–Kier alpha value is -3.69. The van der Waals surface area contributed by atoms with Gasteiger partial charge in [0, 0.05) is 56.8 Å². The summed E-state index contributed by atoms with van der Waals surface area (Å²) < 4.78 is 24.4. The van der Waals surface area contributed by atoms with Crippen molar-refractivity contribution in [3.63, 3.8) is 0 Å². The Kier molecular flexibility index (Phi) is 9.19. The Morgan fingerprint density at radius 2 is 2.00 bits per heavy atom. The Morgan fingerprint density at radius 3 is 2.68 bits per heavy atom. The lowest BCUT2D eigenvalue weighted by molar-refractivity contribution is -0.137. The smallest absolute Gasteiger partial charge is 0.354 e. The van der Waals surface area contributed by atoms with Crippen LogP contribution in [0.1, 0.15) is 5.56 Å². The normalized spacial score (nSPS) is 17.0. The van der Waals surface area contributed by atoms with E-state index in [1.54, 1.807) is 49.6 Å². The molecule has 0 saturated carbocycles. The van der Waals surface area contributed by atoms with Crippen LogP contribution in [0.5, 0.6) is 0 Å². The van der Waals surface area contributed by atoms with Crippen molar-refractivity contribution in [2.45, 2.75) is 0 Å². The average molecular weight is 462 g/mol. The van der Waals surface area contributed by atoms with E-state index in [1.165, 1.54) is 19.3 Å². The second-order valence-corrected chi connectivity index (χ2v) is 7.74. The standard InChI is InChI=1S/C27H28FN3O3/c1-30(2)26(27(32)33-3)25(22-12-14-29-15-13-22)24(21-7-6-8-23(28)11-10-21)9-4-5-16-31-17-19-34-20-18-31/h7-15H,16-20H2,1-3H3/b24-9+,26-25-. The number of aromatic nitrogens is 1. The van der Waals surface area contributed by atoms with Crippen LogP contribution in [0.2, 0.25) is 0 Å². The second kappa shape index (κ2) is 12.5. The monoisotopic (exact) mass is 461 g/mol. The van der Waals surface area contributed by atoms with Crippen molar-refractivity contribution in [1.82, 2.24) is 14.8 Å². The van der Waals surface area contributed by atoms with E-state index >= 15 is 0 Å². The van der Waals surface area contributed by atoms with Gasteiger partial charge >= 0.3 is 5.97 Å². The summed E-state index contributed by atoms with van der Waals surface area (Å²) in [6.07, 6.45) is 11.0. The first-order chi connectivity index (χ1) is 16.5. The molecule has 1 aromatic rings. The Balaban J connectivity index is 2.18. The summed E-state index contributed by atoms with van der Waals surface area (Å²) in [7, 11) is 4.88. The molecule has 0 amide bonds. The van der Waals surface area contributed by atoms with E-state index in [2.05, 4.69) is 27.5 Å². The van der Waals surface area contributed by atoms with Crippen LogP contribution in [0.15, 0.2) is 83.3 Å². The molecule has 34 heavy (non-hydrogen) atoms. The minimum Gasteiger partial charge on any atom is -0.464 e. The van der Waals surface area contributed by atoms with Gasteiger partial charge in [0.1, 0.15) is 11.5 Å². The topological polar surface area (TPSA) is 54.9 Å². The minimum atomic E-state index is -0.501. The lowest BCUT2D eigenvalue weighted by Gasteiger charge is -2.24. The van der Waals surface area contributed by atoms with Crippen LogP contribution in [-0.2, 0) is 14.3 Å². The first-order valence-electron chi connectivity index (χ1n) is 10.9. The number of esters is 1. The van der Waals surface area contributed by atoms with Gasteiger partial charge in [-0.3, -0.25) is 9.88 Å². The SMILES string of the molecule is COC(=O)/C(=C(/C(=C/C#CCN1CCOCC1)C1=CC=C(F)C=C=C1)c1ccncc1)N(C)C. The summed E-state index contributed by atoms with van der Waals surface area (Å²) in [6.45, 7) is 3.67. The Labute approximate surface area is 200 Å². The Bertz CT molecular complexity index is 1140. The zero-order valence-corrected chi connectivity index (χ0v) is 19.7. The van der Waals surface area contributed by atoms with Crippen LogP contribution < -0.4 is 0 Å². The number of hydrogen-bond donors (Lipinski definition) is 0. The van der Waals surface area contributed by atoms with Gasteiger partial charge in [-0.25, -0.2) is 9.18 Å². The van der Waals surface area contributed by atoms with Crippen LogP contribution >= 0.6 is 0 Å². The summed E-state index contributed by atoms with van der Waals surface area (Å²) in [5.74, 6) is 5.40. The lowest BCUT2D eigenvalue weighted by Crippen LogP contribution is -2.36. The van der Waals surface area contributed by atoms with Gasteiger partial charge in [-0.15, -0.1) is 5.73 Å². The summed E-state index contributed by atoms with van der Waals surface area (Å²) in [5, 5.41) is 0. The van der Waals surface area contributed by atoms with Crippen LogP contribution in [0, 0.1) is 11.8 Å². The fourth-order valence-electron chi connectivity index (χ4n) is 3.53. The van der Waals surface area contributed by atoms with Gasteiger partial charge in [0.15, 0.2) is 0 Å². The molecule has 1 aliphatic carbocycles. The average Bonchev–Trinajstić information content (AvgIpc) is 3.08. The highest BCUT2D eigenvalue weighted by molar-refractivity contribution is 6.02. The third-order valence-electron chi connectivity index (χ3n) is 5.22. The van der Waals surface area contributed by atoms with Crippen LogP contribution in [0.4, 0.5) is 4.39 Å². The maximum absolute atomic E-state index is 13.9. The van der Waals surface area contributed by atoms with Crippen LogP contribution in [-0.4, -0.2) is 74.8 Å². The number of hydrogen-bond acceptors (Lipinski definition) is 6. The van der Waals surface area contributed by atoms with Crippen molar-refractivity contribution < 1.29 is 18.7 Å². The number of halogens is 1. The molecule has 0 aromatic carbocycles. The maximum Gasteiger partial charge on any atom is 0.354 e. The zero-order valence-electron chi connectivity index (χ0n) is 19.7. The first-order valence-corrected chi connectivity index (χ1v) is 10.9. The number of carbonyl (C=O) groups excluding carboxylic acids is 1. The fourth-order valence-corrected chi connectivity index (χ4v) is 3.53. The number of ether oxygens (including phenoxy) is 2. The number of nitrogens with zero attached hydrogens (tertiary/aromatic N) is 3. The van der Waals surface area contributed by atoms with Gasteiger partial charge in [-0.2, -0.15) is 0 Å². The van der Waals surface area contributed by atoms with Gasteiger partial charge in [0.2, 0.25) is 0 Å². The molecule has 0 radical (unpaired) electrons. The largest absolute Gasteiger partial charge is 0.464 e. The molecule has 6 nitrogen and oxygen atoms in total. The van der Waals surface area contributed by atoms with Gasteiger partial charge in [-0.05, 0) is 41.5 Å².